The molecule has 3 heterocycles. The van der Waals surface area contributed by atoms with Gasteiger partial charge in [0.1, 0.15) is 5.82 Å². The van der Waals surface area contributed by atoms with Gasteiger partial charge in [-0.3, -0.25) is 4.57 Å². The van der Waals surface area contributed by atoms with Crippen LogP contribution in [0, 0.1) is 0 Å². The number of thiophene rings is 1. The zero-order chi connectivity index (χ0) is 32.3. The maximum atomic E-state index is 2.60. The molecule has 232 valence electrons. The van der Waals surface area contributed by atoms with Gasteiger partial charge >= 0.3 is 0 Å². The fourth-order valence-electron chi connectivity index (χ4n) is 8.97. The van der Waals surface area contributed by atoms with Gasteiger partial charge in [0.05, 0.1) is 17.1 Å². The summed E-state index contributed by atoms with van der Waals surface area (Å²) in [6, 6.07) is 47.9. The maximum Gasteiger partial charge on any atom is 0.118 e. The number of allylic oxidation sites excluding steroid dienone is 1. The van der Waals surface area contributed by atoms with Crippen LogP contribution in [-0.4, -0.2) is 16.5 Å². The molecule has 0 N–H and O–H groups in total. The van der Waals surface area contributed by atoms with Gasteiger partial charge in [0, 0.05) is 43.9 Å². The van der Waals surface area contributed by atoms with E-state index in [0.717, 1.165) is 6.42 Å². The van der Waals surface area contributed by atoms with E-state index in [-0.39, 0.29) is 11.5 Å². The quantitative estimate of drug-likeness (QED) is 0.187. The average Bonchev–Trinajstić information content (AvgIpc) is 3.72. The van der Waals surface area contributed by atoms with Gasteiger partial charge in [-0.25, -0.2) is 0 Å². The first-order valence-corrected chi connectivity index (χ1v) is 17.9. The summed E-state index contributed by atoms with van der Waals surface area (Å²) in [6.07, 6.45) is 0.945. The van der Waals surface area contributed by atoms with Gasteiger partial charge in [-0.15, -0.1) is 11.3 Å². The van der Waals surface area contributed by atoms with Crippen molar-refractivity contribution in [2.45, 2.75) is 38.6 Å². The van der Waals surface area contributed by atoms with E-state index >= 15 is 0 Å². The Morgan fingerprint density at radius 2 is 1.33 bits per heavy atom. The van der Waals surface area contributed by atoms with Gasteiger partial charge in [0.2, 0.25) is 0 Å². The molecule has 0 fully saturated rings. The van der Waals surface area contributed by atoms with Crippen molar-refractivity contribution < 1.29 is 0 Å². The molecule has 0 spiro atoms. The summed E-state index contributed by atoms with van der Waals surface area (Å²) in [5.41, 5.74) is 12.2. The van der Waals surface area contributed by atoms with Crippen LogP contribution in [0.4, 0.5) is 0 Å². The normalized spacial score (nSPS) is 16.7. The van der Waals surface area contributed by atoms with E-state index < -0.39 is 0 Å². The SMILES string of the molecule is CCC1=C(n2c3ccccc3c3cc4ccccc4cc32)N(C)C(c2ccc3c(c2)C(C)(C)c2ccccc2-3)c2c1sc1ccccc21. The lowest BCUT2D eigenvalue weighted by atomic mass is 9.80. The summed E-state index contributed by atoms with van der Waals surface area (Å²) in [6.45, 7) is 7.11. The van der Waals surface area contributed by atoms with Gasteiger partial charge in [-0.2, -0.15) is 0 Å². The van der Waals surface area contributed by atoms with Crippen molar-refractivity contribution in [3.63, 3.8) is 0 Å². The summed E-state index contributed by atoms with van der Waals surface area (Å²) in [5.74, 6) is 1.28. The molecule has 1 aliphatic heterocycles. The van der Waals surface area contributed by atoms with Crippen molar-refractivity contribution in [2.75, 3.05) is 7.05 Å². The standard InChI is InChI=1S/C45H36N2S/c1-5-30-43-41(34-18-10-13-21-40(34)48-43)42(29-22-23-32-31-16-8-11-19-36(31)45(2,3)37(32)25-29)46(4)44(30)47-38-20-12-9-17-33(38)35-24-27-14-6-7-15-28(27)26-39(35)47/h6-26,42H,5H2,1-4H3. The molecule has 6 aromatic carbocycles. The minimum Gasteiger partial charge on any atom is -0.349 e. The molecule has 10 rings (SSSR count). The van der Waals surface area contributed by atoms with Crippen molar-refractivity contribution in [1.82, 2.24) is 9.47 Å². The van der Waals surface area contributed by atoms with Gasteiger partial charge in [-0.1, -0.05) is 124 Å². The van der Waals surface area contributed by atoms with E-state index in [1.165, 1.54) is 92.3 Å². The molecule has 0 amide bonds. The maximum absolute atomic E-state index is 2.60. The number of hydrogen-bond donors (Lipinski definition) is 0. The first-order chi connectivity index (χ1) is 23.5. The van der Waals surface area contributed by atoms with E-state index in [9.17, 15) is 0 Å². The molecule has 48 heavy (non-hydrogen) atoms. The number of rotatable bonds is 3. The van der Waals surface area contributed by atoms with Crippen LogP contribution >= 0.6 is 11.3 Å². The highest BCUT2D eigenvalue weighted by atomic mass is 32.1. The fraction of sp³-hybridized carbons (Fsp3) is 0.156. The Morgan fingerprint density at radius 3 is 2.17 bits per heavy atom. The summed E-state index contributed by atoms with van der Waals surface area (Å²) >= 11 is 1.96. The van der Waals surface area contributed by atoms with Crippen LogP contribution in [0.25, 0.3) is 65.2 Å². The van der Waals surface area contributed by atoms with Gasteiger partial charge in [0.25, 0.3) is 0 Å². The van der Waals surface area contributed by atoms with Crippen molar-refractivity contribution in [2.24, 2.45) is 0 Å². The predicted octanol–water partition coefficient (Wildman–Crippen LogP) is 12.2. The molecule has 0 bridgehead atoms. The number of benzene rings is 6. The Morgan fingerprint density at radius 1 is 0.646 bits per heavy atom. The lowest BCUT2D eigenvalue weighted by molar-refractivity contribution is 0.387. The lowest BCUT2D eigenvalue weighted by Crippen LogP contribution is -2.31. The largest absolute Gasteiger partial charge is 0.349 e. The van der Waals surface area contributed by atoms with Crippen LogP contribution in [0.2, 0.25) is 0 Å². The molecule has 1 atom stereocenters. The number of nitrogens with zero attached hydrogens (tertiary/aromatic N) is 2. The van der Waals surface area contributed by atoms with E-state index in [1.807, 2.05) is 11.3 Å². The number of para-hydroxylation sites is 1. The summed E-state index contributed by atoms with van der Waals surface area (Å²) in [7, 11) is 2.33. The molecule has 0 radical (unpaired) electrons. The van der Waals surface area contributed by atoms with Crippen LogP contribution in [0.3, 0.4) is 0 Å². The zero-order valence-corrected chi connectivity index (χ0v) is 28.5. The number of fused-ring (bicyclic) bond motifs is 10. The van der Waals surface area contributed by atoms with E-state index in [2.05, 4.69) is 165 Å². The lowest BCUT2D eigenvalue weighted by Gasteiger charge is -2.40. The second-order valence-electron chi connectivity index (χ2n) is 14.1. The third-order valence-corrected chi connectivity index (χ3v) is 12.4. The molecular formula is C45H36N2S. The van der Waals surface area contributed by atoms with E-state index in [4.69, 9.17) is 0 Å². The molecule has 2 nitrogen and oxygen atoms in total. The van der Waals surface area contributed by atoms with Gasteiger partial charge in [-0.05, 0) is 74.7 Å². The topological polar surface area (TPSA) is 8.17 Å². The highest BCUT2D eigenvalue weighted by molar-refractivity contribution is 7.20. The molecule has 1 aliphatic carbocycles. The molecule has 0 saturated carbocycles. The van der Waals surface area contributed by atoms with E-state index in [0.29, 0.717) is 0 Å². The highest BCUT2D eigenvalue weighted by Gasteiger charge is 2.39. The molecule has 8 aromatic rings. The molecule has 1 unspecified atom stereocenters. The minimum absolute atomic E-state index is 0.0583. The highest BCUT2D eigenvalue weighted by Crippen LogP contribution is 2.54. The number of hydrogen-bond acceptors (Lipinski definition) is 2. The van der Waals surface area contributed by atoms with Crippen LogP contribution in [0.5, 0.6) is 0 Å². The first-order valence-electron chi connectivity index (χ1n) is 17.1. The Balaban J connectivity index is 1.29. The van der Waals surface area contributed by atoms with Gasteiger partial charge in [0.15, 0.2) is 0 Å². The smallest absolute Gasteiger partial charge is 0.118 e. The van der Waals surface area contributed by atoms with Crippen LogP contribution in [0.15, 0.2) is 127 Å². The molecular weight excluding hydrogens is 601 g/mol. The van der Waals surface area contributed by atoms with Crippen LogP contribution in [0.1, 0.15) is 60.4 Å². The Kier molecular flexibility index (Phi) is 5.79. The second kappa shape index (κ2) is 9.95. The summed E-state index contributed by atoms with van der Waals surface area (Å²) < 4.78 is 3.93. The van der Waals surface area contributed by atoms with Crippen molar-refractivity contribution in [3.05, 3.63) is 155 Å². The van der Waals surface area contributed by atoms with Crippen molar-refractivity contribution >= 4 is 65.4 Å². The third-order valence-electron chi connectivity index (χ3n) is 11.2. The van der Waals surface area contributed by atoms with E-state index in [1.54, 1.807) is 0 Å². The Bertz CT molecular complexity index is 2660. The predicted molar refractivity (Wildman–Crippen MR) is 206 cm³/mol. The molecule has 3 heteroatoms. The molecule has 2 aromatic heterocycles. The van der Waals surface area contributed by atoms with Crippen molar-refractivity contribution in [3.8, 4) is 11.1 Å². The van der Waals surface area contributed by atoms with Crippen molar-refractivity contribution in [1.29, 1.82) is 0 Å². The van der Waals surface area contributed by atoms with Crippen LogP contribution in [-0.2, 0) is 5.41 Å². The Labute approximate surface area is 285 Å². The second-order valence-corrected chi connectivity index (χ2v) is 15.1. The summed E-state index contributed by atoms with van der Waals surface area (Å²) in [4.78, 5) is 4.02. The zero-order valence-electron chi connectivity index (χ0n) is 27.7. The fourth-order valence-corrected chi connectivity index (χ4v) is 10.3. The Hall–Kier alpha value is -5.12. The summed E-state index contributed by atoms with van der Waals surface area (Å²) in [5, 5.41) is 6.52. The number of aromatic nitrogens is 1. The van der Waals surface area contributed by atoms with Gasteiger partial charge < -0.3 is 4.90 Å². The van der Waals surface area contributed by atoms with Crippen LogP contribution < -0.4 is 0 Å². The molecule has 0 saturated heterocycles. The first kappa shape index (κ1) is 27.9. The molecule has 2 aliphatic rings. The monoisotopic (exact) mass is 636 g/mol. The average molecular weight is 637 g/mol. The third kappa shape index (κ3) is 3.63. The minimum atomic E-state index is -0.0597.